The Hall–Kier alpha value is 0.177. The Kier molecular flexibility index (Phi) is 1.88. The minimum absolute atomic E-state index is 0.675. The molecule has 1 saturated heterocycles. The molecule has 0 amide bonds. The van der Waals surface area contributed by atoms with Gasteiger partial charge in [-0.25, -0.2) is 0 Å². The monoisotopic (exact) mass is 116 g/mol. The van der Waals surface area contributed by atoms with Crippen molar-refractivity contribution in [2.24, 2.45) is 0 Å². The van der Waals surface area contributed by atoms with E-state index in [1.807, 2.05) is 0 Å². The molecule has 0 radical (unpaired) electrons. The summed E-state index contributed by atoms with van der Waals surface area (Å²) >= 11 is 0. The zero-order chi connectivity index (χ0) is 5.11. The van der Waals surface area contributed by atoms with E-state index in [4.69, 9.17) is 4.74 Å². The quantitative estimate of drug-likeness (QED) is 0.401. The van der Waals surface area contributed by atoms with Gasteiger partial charge in [0.15, 0.2) is 0 Å². The molecule has 0 aromatic rings. The van der Waals surface area contributed by atoms with E-state index in [-0.39, 0.29) is 0 Å². The Morgan fingerprint density at radius 2 is 2.29 bits per heavy atom. The zero-order valence-electron chi connectivity index (χ0n) is 4.81. The highest BCUT2D eigenvalue weighted by molar-refractivity contribution is 6.10. The average molecular weight is 116 g/mol. The summed E-state index contributed by atoms with van der Waals surface area (Å²) in [4.78, 5) is 0. The van der Waals surface area contributed by atoms with Gasteiger partial charge in [0.05, 0.1) is 0 Å². The minimum atomic E-state index is 0.675. The van der Waals surface area contributed by atoms with Crippen LogP contribution >= 0.6 is 0 Å². The SMILES string of the molecule is [SiH3][C@H]1CCCCO1. The van der Waals surface area contributed by atoms with E-state index >= 15 is 0 Å². The van der Waals surface area contributed by atoms with Crippen molar-refractivity contribution in [2.75, 3.05) is 6.61 Å². The van der Waals surface area contributed by atoms with Gasteiger partial charge in [0.2, 0.25) is 0 Å². The molecule has 7 heavy (non-hydrogen) atoms. The van der Waals surface area contributed by atoms with Gasteiger partial charge in [-0.05, 0) is 19.3 Å². The fourth-order valence-corrected chi connectivity index (χ4v) is 1.55. The Balaban J connectivity index is 2.12. The van der Waals surface area contributed by atoms with Crippen molar-refractivity contribution >= 4 is 10.2 Å². The normalized spacial score (nSPS) is 33.4. The van der Waals surface area contributed by atoms with Gasteiger partial charge in [0.25, 0.3) is 0 Å². The third-order valence-electron chi connectivity index (χ3n) is 1.41. The first-order valence-corrected chi connectivity index (χ1v) is 4.16. The molecule has 0 spiro atoms. The summed E-state index contributed by atoms with van der Waals surface area (Å²) in [5, 5.41) is 0. The standard InChI is InChI=1S/C5H12OSi/c7-5-3-1-2-4-6-5/h5H,1-4H2,7H3/t5-/m0/s1. The molecule has 0 aromatic carbocycles. The molecule has 1 aliphatic heterocycles. The summed E-state index contributed by atoms with van der Waals surface area (Å²) < 4.78 is 5.34. The van der Waals surface area contributed by atoms with Crippen molar-refractivity contribution in [3.05, 3.63) is 0 Å². The molecule has 0 aromatic heterocycles. The first-order valence-electron chi connectivity index (χ1n) is 3.01. The van der Waals surface area contributed by atoms with Crippen molar-refractivity contribution in [3.63, 3.8) is 0 Å². The second kappa shape index (κ2) is 2.48. The van der Waals surface area contributed by atoms with Crippen LogP contribution in [0.1, 0.15) is 19.3 Å². The Morgan fingerprint density at radius 3 is 2.57 bits per heavy atom. The van der Waals surface area contributed by atoms with Gasteiger partial charge in [0, 0.05) is 22.6 Å². The van der Waals surface area contributed by atoms with Crippen LogP contribution in [0.3, 0.4) is 0 Å². The van der Waals surface area contributed by atoms with Crippen LogP contribution in [0.2, 0.25) is 0 Å². The van der Waals surface area contributed by atoms with E-state index in [2.05, 4.69) is 0 Å². The van der Waals surface area contributed by atoms with Gasteiger partial charge in [-0.1, -0.05) is 0 Å². The highest BCUT2D eigenvalue weighted by atomic mass is 28.1. The third kappa shape index (κ3) is 1.61. The van der Waals surface area contributed by atoms with Crippen LogP contribution in [0.15, 0.2) is 0 Å². The molecule has 1 fully saturated rings. The molecule has 1 heterocycles. The molecule has 1 rings (SSSR count). The van der Waals surface area contributed by atoms with E-state index in [9.17, 15) is 0 Å². The fraction of sp³-hybridized carbons (Fsp3) is 1.00. The van der Waals surface area contributed by atoms with Crippen molar-refractivity contribution < 1.29 is 4.74 Å². The van der Waals surface area contributed by atoms with E-state index < -0.39 is 0 Å². The number of rotatable bonds is 0. The summed E-state index contributed by atoms with van der Waals surface area (Å²) in [6.45, 7) is 1.02. The lowest BCUT2D eigenvalue weighted by Crippen LogP contribution is -2.18. The second-order valence-corrected chi connectivity index (χ2v) is 3.47. The molecular weight excluding hydrogens is 104 g/mol. The molecule has 0 N–H and O–H groups in total. The van der Waals surface area contributed by atoms with Gasteiger partial charge in [-0.15, -0.1) is 0 Å². The predicted molar refractivity (Wildman–Crippen MR) is 33.5 cm³/mol. The minimum Gasteiger partial charge on any atom is -0.383 e. The predicted octanol–water partition coefficient (Wildman–Crippen LogP) is -0.122. The van der Waals surface area contributed by atoms with Crippen molar-refractivity contribution in [1.82, 2.24) is 0 Å². The molecule has 0 unspecified atom stereocenters. The molecule has 1 aliphatic rings. The lowest BCUT2D eigenvalue weighted by Gasteiger charge is -2.17. The zero-order valence-corrected chi connectivity index (χ0v) is 6.81. The molecule has 2 heteroatoms. The summed E-state index contributed by atoms with van der Waals surface area (Å²) in [5.41, 5.74) is 0.675. The number of ether oxygens (including phenoxy) is 1. The van der Waals surface area contributed by atoms with Crippen molar-refractivity contribution in [2.45, 2.75) is 25.0 Å². The van der Waals surface area contributed by atoms with E-state index in [1.54, 1.807) is 0 Å². The van der Waals surface area contributed by atoms with E-state index in [0.29, 0.717) is 5.73 Å². The number of hydrogen-bond donors (Lipinski definition) is 0. The molecule has 0 saturated carbocycles. The van der Waals surface area contributed by atoms with E-state index in [1.165, 1.54) is 29.5 Å². The summed E-state index contributed by atoms with van der Waals surface area (Å²) in [6, 6.07) is 0. The highest BCUT2D eigenvalue weighted by Gasteiger charge is 2.05. The van der Waals surface area contributed by atoms with Crippen LogP contribution in [0.25, 0.3) is 0 Å². The Labute approximate surface area is 47.5 Å². The van der Waals surface area contributed by atoms with E-state index in [0.717, 1.165) is 6.61 Å². The van der Waals surface area contributed by atoms with Gasteiger partial charge >= 0.3 is 0 Å². The highest BCUT2D eigenvalue weighted by Crippen LogP contribution is 2.08. The van der Waals surface area contributed by atoms with Gasteiger partial charge in [0.1, 0.15) is 0 Å². The maximum absolute atomic E-state index is 5.34. The molecule has 0 aliphatic carbocycles. The first kappa shape index (κ1) is 5.32. The second-order valence-electron chi connectivity index (χ2n) is 2.18. The first-order chi connectivity index (χ1) is 3.39. The largest absolute Gasteiger partial charge is 0.383 e. The Morgan fingerprint density at radius 1 is 1.43 bits per heavy atom. The molecule has 42 valence electrons. The van der Waals surface area contributed by atoms with Crippen LogP contribution in [-0.4, -0.2) is 22.6 Å². The maximum Gasteiger partial charge on any atom is 0.0465 e. The summed E-state index contributed by atoms with van der Waals surface area (Å²) in [7, 11) is 1.23. The van der Waals surface area contributed by atoms with Crippen molar-refractivity contribution in [3.8, 4) is 0 Å². The molecule has 0 bridgehead atoms. The fourth-order valence-electron chi connectivity index (χ4n) is 0.902. The summed E-state index contributed by atoms with van der Waals surface area (Å²) in [6.07, 6.45) is 4.01. The van der Waals surface area contributed by atoms with Gasteiger partial charge < -0.3 is 4.74 Å². The average Bonchev–Trinajstić information content (AvgIpc) is 1.69. The van der Waals surface area contributed by atoms with Crippen LogP contribution in [0, 0.1) is 0 Å². The van der Waals surface area contributed by atoms with Gasteiger partial charge in [-0.2, -0.15) is 0 Å². The van der Waals surface area contributed by atoms with Crippen molar-refractivity contribution in [1.29, 1.82) is 0 Å². The molecule has 1 atom stereocenters. The van der Waals surface area contributed by atoms with Crippen LogP contribution in [0.5, 0.6) is 0 Å². The molecule has 1 nitrogen and oxygen atoms in total. The van der Waals surface area contributed by atoms with Crippen LogP contribution < -0.4 is 0 Å². The van der Waals surface area contributed by atoms with Crippen LogP contribution in [-0.2, 0) is 4.74 Å². The maximum atomic E-state index is 5.34. The summed E-state index contributed by atoms with van der Waals surface area (Å²) in [5.74, 6) is 0. The number of hydrogen-bond acceptors (Lipinski definition) is 1. The topological polar surface area (TPSA) is 9.23 Å². The third-order valence-corrected chi connectivity index (χ3v) is 2.32. The Bertz CT molecular complexity index is 50.0. The van der Waals surface area contributed by atoms with Gasteiger partial charge in [-0.3, -0.25) is 0 Å². The lowest BCUT2D eigenvalue weighted by atomic mass is 10.2. The smallest absolute Gasteiger partial charge is 0.0465 e. The lowest BCUT2D eigenvalue weighted by molar-refractivity contribution is 0.0675. The van der Waals surface area contributed by atoms with Crippen LogP contribution in [0.4, 0.5) is 0 Å². The molecular formula is C5H12OSi.